The van der Waals surface area contributed by atoms with Crippen molar-refractivity contribution in [2.45, 2.75) is 94.1 Å². The van der Waals surface area contributed by atoms with Crippen molar-refractivity contribution in [3.8, 4) is 5.75 Å². The number of fused-ring (bicyclic) bond motifs is 1. The lowest BCUT2D eigenvalue weighted by Crippen LogP contribution is -2.74. The van der Waals surface area contributed by atoms with Gasteiger partial charge in [0.15, 0.2) is 0 Å². The Morgan fingerprint density at radius 2 is 1.87 bits per heavy atom. The molecule has 1 aliphatic heterocycles. The minimum absolute atomic E-state index is 0.00320. The molecule has 2 N–H and O–H groups in total. The number of aliphatic hydroxyl groups is 1. The first-order valence-corrected chi connectivity index (χ1v) is 12.8. The summed E-state index contributed by atoms with van der Waals surface area (Å²) in [6.07, 6.45) is 12.8. The number of phenolic OH excluding ortho intramolecular Hbond substituents is 1. The van der Waals surface area contributed by atoms with Crippen LogP contribution in [0.4, 0.5) is 0 Å². The number of rotatable bonds is 4. The van der Waals surface area contributed by atoms with E-state index in [2.05, 4.69) is 4.90 Å². The van der Waals surface area contributed by atoms with Crippen LogP contribution in [-0.4, -0.2) is 45.6 Å². The predicted molar refractivity (Wildman–Crippen MR) is 120 cm³/mol. The maximum absolute atomic E-state index is 13.5. The van der Waals surface area contributed by atoms with Crippen molar-refractivity contribution in [1.82, 2.24) is 4.90 Å². The van der Waals surface area contributed by atoms with E-state index in [1.807, 2.05) is 12.1 Å². The van der Waals surface area contributed by atoms with E-state index in [0.29, 0.717) is 24.5 Å². The Balaban J connectivity index is 1.38. The Morgan fingerprint density at radius 1 is 1.06 bits per heavy atom. The van der Waals surface area contributed by atoms with Crippen LogP contribution >= 0.6 is 0 Å². The van der Waals surface area contributed by atoms with Gasteiger partial charge < -0.3 is 10.2 Å². The summed E-state index contributed by atoms with van der Waals surface area (Å²) in [6, 6.07) is 5.78. The number of piperidine rings is 1. The van der Waals surface area contributed by atoms with Crippen LogP contribution in [0.1, 0.15) is 81.8 Å². The second-order valence-electron chi connectivity index (χ2n) is 11.5. The Kier molecular flexibility index (Phi) is 4.77. The van der Waals surface area contributed by atoms with E-state index in [9.17, 15) is 15.0 Å². The van der Waals surface area contributed by atoms with E-state index < -0.39 is 11.0 Å². The lowest BCUT2D eigenvalue weighted by molar-refractivity contribution is -0.183. The summed E-state index contributed by atoms with van der Waals surface area (Å²) in [7, 11) is 0. The zero-order valence-corrected chi connectivity index (χ0v) is 18.7. The SMILES string of the molecule is O=C1CC23CCN(CC4CC4)C(Cc4ccc(O)cc42)C3(O)CC1CC1CCCCC1. The smallest absolute Gasteiger partial charge is 0.137 e. The highest BCUT2D eigenvalue weighted by molar-refractivity contribution is 5.85. The molecule has 0 spiro atoms. The Bertz CT molecular complexity index is 873. The first-order chi connectivity index (χ1) is 15.0. The molecule has 3 saturated carbocycles. The van der Waals surface area contributed by atoms with Crippen molar-refractivity contribution in [1.29, 1.82) is 0 Å². The molecule has 5 aliphatic rings. The van der Waals surface area contributed by atoms with Gasteiger partial charge in [0, 0.05) is 30.3 Å². The topological polar surface area (TPSA) is 60.8 Å². The van der Waals surface area contributed by atoms with E-state index in [0.717, 1.165) is 43.8 Å². The second-order valence-corrected chi connectivity index (χ2v) is 11.5. The van der Waals surface area contributed by atoms with Gasteiger partial charge in [0.05, 0.1) is 5.60 Å². The molecule has 4 unspecified atom stereocenters. The Labute approximate surface area is 186 Å². The fraction of sp³-hybridized carbons (Fsp3) is 0.741. The van der Waals surface area contributed by atoms with Crippen molar-refractivity contribution in [3.05, 3.63) is 29.3 Å². The molecule has 31 heavy (non-hydrogen) atoms. The number of phenols is 1. The summed E-state index contributed by atoms with van der Waals surface area (Å²) < 4.78 is 0. The van der Waals surface area contributed by atoms with E-state index in [1.54, 1.807) is 6.07 Å². The van der Waals surface area contributed by atoms with Gasteiger partial charge in [0.2, 0.25) is 0 Å². The number of ketones is 1. The molecule has 6 rings (SSSR count). The molecule has 4 heteroatoms. The molecule has 1 heterocycles. The molecule has 4 fully saturated rings. The van der Waals surface area contributed by atoms with Gasteiger partial charge in [0.25, 0.3) is 0 Å². The third-order valence-electron chi connectivity index (χ3n) is 9.69. The van der Waals surface area contributed by atoms with Crippen molar-refractivity contribution in [2.24, 2.45) is 17.8 Å². The molecular weight excluding hydrogens is 386 g/mol. The molecule has 0 aromatic heterocycles. The van der Waals surface area contributed by atoms with E-state index in [1.165, 1.54) is 50.5 Å². The number of carbonyl (C=O) groups excluding carboxylic acids is 1. The van der Waals surface area contributed by atoms with E-state index in [-0.39, 0.29) is 17.7 Å². The van der Waals surface area contributed by atoms with Gasteiger partial charge in [-0.1, -0.05) is 38.2 Å². The molecule has 4 atom stereocenters. The molecule has 168 valence electrons. The van der Waals surface area contributed by atoms with Gasteiger partial charge in [-0.15, -0.1) is 0 Å². The zero-order valence-electron chi connectivity index (χ0n) is 18.7. The Morgan fingerprint density at radius 3 is 2.65 bits per heavy atom. The summed E-state index contributed by atoms with van der Waals surface area (Å²) >= 11 is 0. The van der Waals surface area contributed by atoms with Gasteiger partial charge >= 0.3 is 0 Å². The quantitative estimate of drug-likeness (QED) is 0.756. The lowest BCUT2D eigenvalue weighted by Gasteiger charge is -2.64. The molecule has 4 aliphatic carbocycles. The van der Waals surface area contributed by atoms with Crippen LogP contribution in [0, 0.1) is 17.8 Å². The summed E-state index contributed by atoms with van der Waals surface area (Å²) in [6.45, 7) is 2.05. The fourth-order valence-electron chi connectivity index (χ4n) is 7.88. The van der Waals surface area contributed by atoms with Crippen LogP contribution in [0.25, 0.3) is 0 Å². The molecule has 0 amide bonds. The minimum Gasteiger partial charge on any atom is -0.508 e. The van der Waals surface area contributed by atoms with E-state index in [4.69, 9.17) is 0 Å². The number of benzene rings is 1. The first-order valence-electron chi connectivity index (χ1n) is 12.8. The number of nitrogens with zero attached hydrogens (tertiary/aromatic N) is 1. The highest BCUT2D eigenvalue weighted by Crippen LogP contribution is 2.59. The third-order valence-corrected chi connectivity index (χ3v) is 9.69. The number of hydrogen-bond donors (Lipinski definition) is 2. The molecule has 4 nitrogen and oxygen atoms in total. The van der Waals surface area contributed by atoms with Crippen LogP contribution in [0.2, 0.25) is 0 Å². The van der Waals surface area contributed by atoms with Gasteiger partial charge in [0.1, 0.15) is 11.5 Å². The second kappa shape index (κ2) is 7.31. The predicted octanol–water partition coefficient (Wildman–Crippen LogP) is 4.35. The molecule has 2 bridgehead atoms. The van der Waals surface area contributed by atoms with Gasteiger partial charge in [-0.3, -0.25) is 9.69 Å². The van der Waals surface area contributed by atoms with Crippen LogP contribution in [0.15, 0.2) is 18.2 Å². The number of aromatic hydroxyl groups is 1. The fourth-order valence-corrected chi connectivity index (χ4v) is 7.88. The van der Waals surface area contributed by atoms with Gasteiger partial charge in [-0.2, -0.15) is 0 Å². The van der Waals surface area contributed by atoms with Crippen molar-refractivity contribution in [3.63, 3.8) is 0 Å². The summed E-state index contributed by atoms with van der Waals surface area (Å²) in [5.41, 5.74) is 0.895. The standard InChI is InChI=1S/C27H37NO3/c29-22-9-8-20-13-25-27(31)15-21(12-18-4-2-1-3-5-18)24(30)16-26(27,23(20)14-22)10-11-28(25)17-19-6-7-19/h8-9,14,18-19,21,25,29,31H,1-7,10-13,15-17H2. The molecule has 0 radical (unpaired) electrons. The summed E-state index contributed by atoms with van der Waals surface area (Å²) in [5.74, 6) is 2.07. The average molecular weight is 424 g/mol. The number of Topliss-reactive ketones (excluding diaryl/α,β-unsaturated/α-hetero) is 1. The Hall–Kier alpha value is -1.39. The van der Waals surface area contributed by atoms with Crippen LogP contribution in [-0.2, 0) is 16.6 Å². The highest BCUT2D eigenvalue weighted by Gasteiger charge is 2.66. The largest absolute Gasteiger partial charge is 0.508 e. The molecule has 1 saturated heterocycles. The molecular formula is C27H37NO3. The van der Waals surface area contributed by atoms with Gasteiger partial charge in [-0.05, 0) is 80.2 Å². The third kappa shape index (κ3) is 3.20. The monoisotopic (exact) mass is 423 g/mol. The van der Waals surface area contributed by atoms with Crippen molar-refractivity contribution < 1.29 is 15.0 Å². The number of likely N-dealkylation sites (tertiary alicyclic amines) is 1. The maximum atomic E-state index is 13.5. The summed E-state index contributed by atoms with van der Waals surface area (Å²) in [5, 5.41) is 22.8. The van der Waals surface area contributed by atoms with Crippen LogP contribution in [0.3, 0.4) is 0 Å². The zero-order chi connectivity index (χ0) is 21.2. The normalized spacial score (nSPS) is 38.5. The first kappa shape index (κ1) is 20.2. The van der Waals surface area contributed by atoms with E-state index >= 15 is 0 Å². The van der Waals surface area contributed by atoms with Crippen LogP contribution < -0.4 is 0 Å². The number of carbonyl (C=O) groups is 1. The molecule has 1 aromatic rings. The molecule has 1 aromatic carbocycles. The highest BCUT2D eigenvalue weighted by atomic mass is 16.3. The van der Waals surface area contributed by atoms with Crippen molar-refractivity contribution in [2.75, 3.05) is 13.1 Å². The van der Waals surface area contributed by atoms with Crippen LogP contribution in [0.5, 0.6) is 5.75 Å². The van der Waals surface area contributed by atoms with Gasteiger partial charge in [-0.25, -0.2) is 0 Å². The lowest BCUT2D eigenvalue weighted by atomic mass is 9.47. The maximum Gasteiger partial charge on any atom is 0.137 e. The average Bonchev–Trinajstić information content (AvgIpc) is 3.57. The minimum atomic E-state index is -0.867. The van der Waals surface area contributed by atoms with Crippen molar-refractivity contribution >= 4 is 5.78 Å². The number of hydrogen-bond acceptors (Lipinski definition) is 4. The summed E-state index contributed by atoms with van der Waals surface area (Å²) in [4.78, 5) is 16.1.